The van der Waals surface area contributed by atoms with Crippen LogP contribution in [0, 0.1) is 0 Å². The lowest BCUT2D eigenvalue weighted by Gasteiger charge is -2.33. The quantitative estimate of drug-likeness (QED) is 0.824. The van der Waals surface area contributed by atoms with Crippen LogP contribution in [-0.4, -0.2) is 32.2 Å². The molecule has 0 aliphatic carbocycles. The van der Waals surface area contributed by atoms with Crippen LogP contribution in [0.15, 0.2) is 54.6 Å². The lowest BCUT2D eigenvalue weighted by atomic mass is 10.1. The molecule has 1 fully saturated rings. The van der Waals surface area contributed by atoms with Gasteiger partial charge in [-0.05, 0) is 37.6 Å². The first kappa shape index (κ1) is 17.0. The molecule has 1 saturated heterocycles. The van der Waals surface area contributed by atoms with Gasteiger partial charge in [0.15, 0.2) is 0 Å². The Bertz CT molecular complexity index is 621. The van der Waals surface area contributed by atoms with Crippen molar-refractivity contribution in [1.29, 1.82) is 0 Å². The van der Waals surface area contributed by atoms with E-state index in [4.69, 9.17) is 4.74 Å². The molecule has 0 amide bonds. The normalized spacial score (nSPS) is 22.1. The Kier molecular flexibility index (Phi) is 5.89. The van der Waals surface area contributed by atoms with Gasteiger partial charge >= 0.3 is 0 Å². The smallest absolute Gasteiger partial charge is 0.127 e. The van der Waals surface area contributed by atoms with E-state index in [1.54, 1.807) is 9.80 Å². The minimum atomic E-state index is 0.800. The number of hydrogen-bond acceptors (Lipinski definition) is 1. The van der Waals surface area contributed by atoms with E-state index in [-0.39, 0.29) is 0 Å². The van der Waals surface area contributed by atoms with Gasteiger partial charge in [-0.25, -0.2) is 0 Å². The Labute approximate surface area is 145 Å². The average molecular weight is 326 g/mol. The number of para-hydroxylation sites is 1. The van der Waals surface area contributed by atoms with Gasteiger partial charge in [0.2, 0.25) is 0 Å². The largest absolute Gasteiger partial charge is 0.457 e. The molecule has 0 unspecified atom stereocenters. The van der Waals surface area contributed by atoms with Crippen LogP contribution in [0.1, 0.15) is 25.8 Å². The van der Waals surface area contributed by atoms with Gasteiger partial charge in [0, 0.05) is 5.56 Å². The summed E-state index contributed by atoms with van der Waals surface area (Å²) in [5.74, 6) is 1.83. The second-order valence-corrected chi connectivity index (χ2v) is 6.96. The number of benzene rings is 2. The van der Waals surface area contributed by atoms with E-state index in [2.05, 4.69) is 32.0 Å². The van der Waals surface area contributed by atoms with E-state index in [0.29, 0.717) is 0 Å². The first-order valence-corrected chi connectivity index (χ1v) is 9.24. The van der Waals surface area contributed by atoms with Gasteiger partial charge in [0.05, 0.1) is 6.04 Å². The molecule has 2 N–H and O–H groups in total. The zero-order valence-corrected chi connectivity index (χ0v) is 14.9. The van der Waals surface area contributed by atoms with E-state index in [1.807, 2.05) is 36.4 Å². The van der Waals surface area contributed by atoms with Crippen LogP contribution in [0.2, 0.25) is 0 Å². The van der Waals surface area contributed by atoms with Gasteiger partial charge in [-0.1, -0.05) is 37.3 Å². The minimum Gasteiger partial charge on any atom is -0.457 e. The zero-order valence-electron chi connectivity index (χ0n) is 14.9. The first-order chi connectivity index (χ1) is 11.7. The first-order valence-electron chi connectivity index (χ1n) is 9.24. The highest BCUT2D eigenvalue weighted by Gasteiger charge is 2.25. The minimum absolute atomic E-state index is 0.800. The second-order valence-electron chi connectivity index (χ2n) is 6.96. The topological polar surface area (TPSA) is 18.1 Å². The van der Waals surface area contributed by atoms with Gasteiger partial charge in [-0.3, -0.25) is 0 Å². The number of rotatable bonds is 6. The zero-order chi connectivity index (χ0) is 16.8. The summed E-state index contributed by atoms with van der Waals surface area (Å²) >= 11 is 0. The van der Waals surface area contributed by atoms with Crippen molar-refractivity contribution in [2.45, 2.75) is 32.9 Å². The molecule has 3 heteroatoms. The number of quaternary nitrogens is 2. The molecule has 2 aromatic carbocycles. The molecule has 0 aromatic heterocycles. The molecule has 0 bridgehead atoms. The molecule has 0 radical (unpaired) electrons. The third-order valence-corrected chi connectivity index (χ3v) is 5.24. The molecule has 1 aliphatic rings. The van der Waals surface area contributed by atoms with Crippen LogP contribution < -0.4 is 14.5 Å². The van der Waals surface area contributed by atoms with Crippen molar-refractivity contribution in [3.05, 3.63) is 60.2 Å². The molecule has 1 aliphatic heterocycles. The molecular weight excluding hydrogens is 296 g/mol. The molecule has 0 saturated carbocycles. The summed E-state index contributed by atoms with van der Waals surface area (Å²) in [6.45, 7) is 10.9. The number of hydrogen-bond donors (Lipinski definition) is 2. The standard InChI is InChI=1S/C21H28N2O/c1-3-18(2)23-14-12-22(13-15-23)17-19-8-7-11-21(16-19)24-20-9-5-4-6-10-20/h4-11,16,18H,3,12-15,17H2,1-2H3/p+2/t18-/m0/s1. The SMILES string of the molecule is CC[C@H](C)[NH+]1CC[NH+](Cc2cccc(Oc3ccccc3)c2)CC1. The number of ether oxygens (including phenoxy) is 1. The van der Waals surface area contributed by atoms with Gasteiger partial charge in [0.25, 0.3) is 0 Å². The predicted octanol–water partition coefficient (Wildman–Crippen LogP) is 1.56. The molecule has 3 rings (SSSR count). The summed E-state index contributed by atoms with van der Waals surface area (Å²) in [6, 6.07) is 19.4. The molecule has 0 spiro atoms. The van der Waals surface area contributed by atoms with Crippen molar-refractivity contribution >= 4 is 0 Å². The van der Waals surface area contributed by atoms with E-state index in [0.717, 1.165) is 24.1 Å². The summed E-state index contributed by atoms with van der Waals surface area (Å²) in [7, 11) is 0. The van der Waals surface area contributed by atoms with E-state index < -0.39 is 0 Å². The van der Waals surface area contributed by atoms with E-state index in [9.17, 15) is 0 Å². The van der Waals surface area contributed by atoms with Gasteiger partial charge in [0.1, 0.15) is 44.2 Å². The van der Waals surface area contributed by atoms with Crippen molar-refractivity contribution in [3.8, 4) is 11.5 Å². The van der Waals surface area contributed by atoms with Crippen LogP contribution in [0.4, 0.5) is 0 Å². The Hall–Kier alpha value is -1.84. The number of nitrogens with one attached hydrogen (secondary N) is 2. The van der Waals surface area contributed by atoms with Gasteiger partial charge < -0.3 is 14.5 Å². The Morgan fingerprint density at radius 1 is 0.917 bits per heavy atom. The monoisotopic (exact) mass is 326 g/mol. The van der Waals surface area contributed by atoms with Crippen molar-refractivity contribution in [3.63, 3.8) is 0 Å². The molecule has 24 heavy (non-hydrogen) atoms. The fourth-order valence-electron chi connectivity index (χ4n) is 3.52. The Balaban J connectivity index is 1.56. The van der Waals surface area contributed by atoms with Crippen LogP contribution >= 0.6 is 0 Å². The molecule has 3 nitrogen and oxygen atoms in total. The van der Waals surface area contributed by atoms with Crippen molar-refractivity contribution < 1.29 is 14.5 Å². The van der Waals surface area contributed by atoms with Crippen LogP contribution in [-0.2, 0) is 6.54 Å². The maximum absolute atomic E-state index is 5.96. The maximum Gasteiger partial charge on any atom is 0.127 e. The third-order valence-electron chi connectivity index (χ3n) is 5.24. The highest BCUT2D eigenvalue weighted by atomic mass is 16.5. The summed E-state index contributed by atoms with van der Waals surface area (Å²) < 4.78 is 5.96. The third kappa shape index (κ3) is 4.59. The summed E-state index contributed by atoms with van der Waals surface area (Å²) in [4.78, 5) is 3.47. The molecule has 1 heterocycles. The number of piperazine rings is 1. The van der Waals surface area contributed by atoms with Crippen molar-refractivity contribution in [1.82, 2.24) is 0 Å². The lowest BCUT2D eigenvalue weighted by molar-refractivity contribution is -1.03. The molecule has 128 valence electrons. The van der Waals surface area contributed by atoms with Crippen molar-refractivity contribution in [2.75, 3.05) is 26.2 Å². The van der Waals surface area contributed by atoms with Gasteiger partial charge in [-0.15, -0.1) is 0 Å². The lowest BCUT2D eigenvalue weighted by Crippen LogP contribution is -3.29. The summed E-state index contributed by atoms with van der Waals surface area (Å²) in [5, 5.41) is 0. The second kappa shape index (κ2) is 8.32. The van der Waals surface area contributed by atoms with Crippen LogP contribution in [0.25, 0.3) is 0 Å². The maximum atomic E-state index is 5.96. The fraction of sp³-hybridized carbons (Fsp3) is 0.429. The molecular formula is C21H30N2O+2. The molecule has 2 aromatic rings. The Morgan fingerprint density at radius 3 is 2.33 bits per heavy atom. The van der Waals surface area contributed by atoms with E-state index in [1.165, 1.54) is 38.2 Å². The van der Waals surface area contributed by atoms with E-state index >= 15 is 0 Å². The fourth-order valence-corrected chi connectivity index (χ4v) is 3.52. The highest BCUT2D eigenvalue weighted by molar-refractivity contribution is 5.33. The summed E-state index contributed by atoms with van der Waals surface area (Å²) in [6.07, 6.45) is 1.28. The summed E-state index contributed by atoms with van der Waals surface area (Å²) in [5.41, 5.74) is 1.37. The van der Waals surface area contributed by atoms with Crippen molar-refractivity contribution in [2.24, 2.45) is 0 Å². The van der Waals surface area contributed by atoms with Crippen LogP contribution in [0.3, 0.4) is 0 Å². The highest BCUT2D eigenvalue weighted by Crippen LogP contribution is 2.21. The van der Waals surface area contributed by atoms with Crippen LogP contribution in [0.5, 0.6) is 11.5 Å². The Morgan fingerprint density at radius 2 is 1.62 bits per heavy atom. The average Bonchev–Trinajstić information content (AvgIpc) is 2.63. The molecule has 1 atom stereocenters. The predicted molar refractivity (Wildman–Crippen MR) is 97.8 cm³/mol. The van der Waals surface area contributed by atoms with Gasteiger partial charge in [-0.2, -0.15) is 0 Å².